The number of rotatable bonds is 5. The SMILES string of the molecule is N#Cc1ccc(SCC2(CC(=O)O)CC2)nc1. The lowest BCUT2D eigenvalue weighted by molar-refractivity contribution is -0.138. The van der Waals surface area contributed by atoms with E-state index in [4.69, 9.17) is 10.4 Å². The minimum Gasteiger partial charge on any atom is -0.481 e. The van der Waals surface area contributed by atoms with Gasteiger partial charge in [-0.1, -0.05) is 0 Å². The van der Waals surface area contributed by atoms with Crippen LogP contribution in [0, 0.1) is 16.7 Å². The summed E-state index contributed by atoms with van der Waals surface area (Å²) in [5.41, 5.74) is 0.521. The molecule has 17 heavy (non-hydrogen) atoms. The minimum atomic E-state index is -0.726. The molecule has 0 amide bonds. The van der Waals surface area contributed by atoms with Crippen molar-refractivity contribution in [1.29, 1.82) is 5.26 Å². The van der Waals surface area contributed by atoms with E-state index in [0.29, 0.717) is 5.56 Å². The summed E-state index contributed by atoms with van der Waals surface area (Å²) >= 11 is 1.57. The topological polar surface area (TPSA) is 74.0 Å². The van der Waals surface area contributed by atoms with Gasteiger partial charge in [-0.2, -0.15) is 5.26 Å². The first-order chi connectivity index (χ1) is 8.13. The van der Waals surface area contributed by atoms with Gasteiger partial charge in [-0.3, -0.25) is 4.79 Å². The van der Waals surface area contributed by atoms with Gasteiger partial charge in [-0.25, -0.2) is 4.98 Å². The van der Waals surface area contributed by atoms with Crippen molar-refractivity contribution in [3.8, 4) is 6.07 Å². The first-order valence-electron chi connectivity index (χ1n) is 5.34. The largest absolute Gasteiger partial charge is 0.481 e. The maximum absolute atomic E-state index is 10.7. The minimum absolute atomic E-state index is 0.0217. The van der Waals surface area contributed by atoms with E-state index < -0.39 is 5.97 Å². The van der Waals surface area contributed by atoms with Crippen LogP contribution in [0.15, 0.2) is 23.4 Å². The number of thioether (sulfide) groups is 1. The van der Waals surface area contributed by atoms with Gasteiger partial charge in [0.15, 0.2) is 0 Å². The molecule has 0 aromatic carbocycles. The Morgan fingerprint density at radius 2 is 2.35 bits per heavy atom. The van der Waals surface area contributed by atoms with Gasteiger partial charge in [-0.15, -0.1) is 11.8 Å². The number of aliphatic carboxylic acids is 1. The van der Waals surface area contributed by atoms with Crippen LogP contribution < -0.4 is 0 Å². The zero-order chi connectivity index (χ0) is 12.3. The average Bonchev–Trinajstić information content (AvgIpc) is 3.06. The number of hydrogen-bond acceptors (Lipinski definition) is 4. The van der Waals surface area contributed by atoms with Crippen LogP contribution in [0.2, 0.25) is 0 Å². The van der Waals surface area contributed by atoms with Crippen molar-refractivity contribution in [1.82, 2.24) is 4.98 Å². The van der Waals surface area contributed by atoms with Crippen molar-refractivity contribution in [2.75, 3.05) is 5.75 Å². The van der Waals surface area contributed by atoms with Crippen molar-refractivity contribution < 1.29 is 9.90 Å². The molecule has 0 bridgehead atoms. The van der Waals surface area contributed by atoms with Gasteiger partial charge in [0.25, 0.3) is 0 Å². The summed E-state index contributed by atoms with van der Waals surface area (Å²) in [5, 5.41) is 18.3. The molecule has 1 heterocycles. The molecule has 5 heteroatoms. The van der Waals surface area contributed by atoms with Crippen molar-refractivity contribution in [3.63, 3.8) is 0 Å². The van der Waals surface area contributed by atoms with E-state index in [-0.39, 0.29) is 11.8 Å². The number of carboxylic acid groups (broad SMARTS) is 1. The van der Waals surface area contributed by atoms with Gasteiger partial charge >= 0.3 is 5.97 Å². The van der Waals surface area contributed by atoms with Crippen molar-refractivity contribution in [2.45, 2.75) is 24.3 Å². The molecule has 1 N–H and O–H groups in total. The Morgan fingerprint density at radius 1 is 1.59 bits per heavy atom. The van der Waals surface area contributed by atoms with Crippen LogP contribution in [0.1, 0.15) is 24.8 Å². The van der Waals surface area contributed by atoms with Crippen LogP contribution in [0.3, 0.4) is 0 Å². The molecule has 4 nitrogen and oxygen atoms in total. The lowest BCUT2D eigenvalue weighted by Crippen LogP contribution is -2.11. The molecule has 1 saturated carbocycles. The molecule has 0 radical (unpaired) electrons. The van der Waals surface area contributed by atoms with Gasteiger partial charge in [0.1, 0.15) is 6.07 Å². The molecule has 88 valence electrons. The van der Waals surface area contributed by atoms with Crippen molar-refractivity contribution in [3.05, 3.63) is 23.9 Å². The third-order valence-electron chi connectivity index (χ3n) is 2.88. The number of nitrogens with zero attached hydrogens (tertiary/aromatic N) is 2. The quantitative estimate of drug-likeness (QED) is 0.809. The molecule has 0 aliphatic heterocycles. The molecule has 0 unspecified atom stereocenters. The highest BCUT2D eigenvalue weighted by molar-refractivity contribution is 7.99. The molecular weight excluding hydrogens is 236 g/mol. The van der Waals surface area contributed by atoms with Crippen molar-refractivity contribution in [2.24, 2.45) is 5.41 Å². The lowest BCUT2D eigenvalue weighted by atomic mass is 10.1. The first kappa shape index (κ1) is 11.9. The van der Waals surface area contributed by atoms with Crippen LogP contribution in [0.25, 0.3) is 0 Å². The predicted molar refractivity (Wildman–Crippen MR) is 63.6 cm³/mol. The Balaban J connectivity index is 1.89. The second kappa shape index (κ2) is 4.76. The van der Waals surface area contributed by atoms with Gasteiger partial charge in [0.2, 0.25) is 0 Å². The molecule has 1 fully saturated rings. The Kier molecular flexibility index (Phi) is 3.34. The Morgan fingerprint density at radius 3 is 2.82 bits per heavy atom. The molecule has 0 atom stereocenters. The monoisotopic (exact) mass is 248 g/mol. The second-order valence-corrected chi connectivity index (χ2v) is 5.35. The summed E-state index contributed by atoms with van der Waals surface area (Å²) in [6.07, 6.45) is 3.76. The number of pyridine rings is 1. The molecule has 0 spiro atoms. The molecular formula is C12H12N2O2S. The Labute approximate surface area is 104 Å². The number of carbonyl (C=O) groups is 1. The van der Waals surface area contributed by atoms with Crippen molar-refractivity contribution >= 4 is 17.7 Å². The number of carboxylic acids is 1. The summed E-state index contributed by atoms with van der Waals surface area (Å²) < 4.78 is 0. The highest BCUT2D eigenvalue weighted by Gasteiger charge is 2.44. The Hall–Kier alpha value is -1.54. The standard InChI is InChI=1S/C12H12N2O2S/c13-6-9-1-2-10(14-7-9)17-8-12(3-4-12)5-11(15)16/h1-2,7H,3-5,8H2,(H,15,16). The number of nitriles is 1. The van der Waals surface area contributed by atoms with E-state index in [1.807, 2.05) is 6.07 Å². The van der Waals surface area contributed by atoms with Gasteiger partial charge in [-0.05, 0) is 30.4 Å². The average molecular weight is 248 g/mol. The Bertz CT molecular complexity index is 460. The molecule has 2 rings (SSSR count). The van der Waals surface area contributed by atoms with E-state index in [9.17, 15) is 4.79 Å². The summed E-state index contributed by atoms with van der Waals surface area (Å²) in [4.78, 5) is 14.8. The van der Waals surface area contributed by atoms with Crippen LogP contribution in [0.5, 0.6) is 0 Å². The summed E-state index contributed by atoms with van der Waals surface area (Å²) in [5.74, 6) is 0.0639. The fourth-order valence-electron chi connectivity index (χ4n) is 1.63. The summed E-state index contributed by atoms with van der Waals surface area (Å²) in [7, 11) is 0. The van der Waals surface area contributed by atoms with Gasteiger partial charge in [0, 0.05) is 11.9 Å². The maximum atomic E-state index is 10.7. The molecule has 0 saturated heterocycles. The lowest BCUT2D eigenvalue weighted by Gasteiger charge is -2.10. The second-order valence-electron chi connectivity index (χ2n) is 4.36. The number of aromatic nitrogens is 1. The van der Waals surface area contributed by atoms with E-state index >= 15 is 0 Å². The van der Waals surface area contributed by atoms with Crippen LogP contribution in [-0.4, -0.2) is 21.8 Å². The van der Waals surface area contributed by atoms with Gasteiger partial charge < -0.3 is 5.11 Å². The zero-order valence-electron chi connectivity index (χ0n) is 9.22. The fraction of sp³-hybridized carbons (Fsp3) is 0.417. The molecule has 1 aromatic rings. The summed E-state index contributed by atoms with van der Waals surface area (Å²) in [6, 6.07) is 5.55. The summed E-state index contributed by atoms with van der Waals surface area (Å²) in [6.45, 7) is 0. The zero-order valence-corrected chi connectivity index (χ0v) is 10.0. The molecule has 1 aromatic heterocycles. The molecule has 1 aliphatic rings. The normalized spacial score (nSPS) is 16.2. The third-order valence-corrected chi connectivity index (χ3v) is 4.17. The van der Waals surface area contributed by atoms with E-state index in [1.54, 1.807) is 30.1 Å². The fourth-order valence-corrected chi connectivity index (χ4v) is 2.76. The van der Waals surface area contributed by atoms with Gasteiger partial charge in [0.05, 0.1) is 17.0 Å². The predicted octanol–water partition coefficient (Wildman–Crippen LogP) is 2.30. The van der Waals surface area contributed by atoms with E-state index in [1.165, 1.54) is 0 Å². The first-order valence-corrected chi connectivity index (χ1v) is 6.33. The van der Waals surface area contributed by atoms with E-state index in [0.717, 1.165) is 23.6 Å². The highest BCUT2D eigenvalue weighted by atomic mass is 32.2. The maximum Gasteiger partial charge on any atom is 0.303 e. The molecule has 1 aliphatic carbocycles. The highest BCUT2D eigenvalue weighted by Crippen LogP contribution is 2.51. The van der Waals surface area contributed by atoms with Crippen LogP contribution >= 0.6 is 11.8 Å². The number of hydrogen-bond donors (Lipinski definition) is 1. The van der Waals surface area contributed by atoms with Crippen LogP contribution in [-0.2, 0) is 4.79 Å². The smallest absolute Gasteiger partial charge is 0.303 e. The van der Waals surface area contributed by atoms with Crippen LogP contribution in [0.4, 0.5) is 0 Å². The third kappa shape index (κ3) is 3.21. The van der Waals surface area contributed by atoms with E-state index in [2.05, 4.69) is 4.98 Å².